The molecule has 36 heavy (non-hydrogen) atoms. The zero-order chi connectivity index (χ0) is 24.7. The maximum atomic E-state index is 13.4. The van der Waals surface area contributed by atoms with Gasteiger partial charge in [-0.1, -0.05) is 90.5 Å². The van der Waals surface area contributed by atoms with Crippen LogP contribution in [0.15, 0.2) is 119 Å². The monoisotopic (exact) mass is 490 g/mol. The van der Waals surface area contributed by atoms with E-state index in [4.69, 9.17) is 9.73 Å². The number of rotatable bonds is 7. The van der Waals surface area contributed by atoms with Gasteiger partial charge in [0.15, 0.2) is 5.17 Å². The first kappa shape index (κ1) is 23.6. The van der Waals surface area contributed by atoms with Crippen molar-refractivity contribution in [3.8, 4) is 5.75 Å². The van der Waals surface area contributed by atoms with Crippen LogP contribution in [0.25, 0.3) is 6.08 Å². The third kappa shape index (κ3) is 5.93. The van der Waals surface area contributed by atoms with E-state index in [2.05, 4.69) is 25.1 Å². The molecular weight excluding hydrogens is 464 g/mol. The second-order valence-electron chi connectivity index (χ2n) is 8.56. The van der Waals surface area contributed by atoms with E-state index in [1.165, 1.54) is 17.3 Å². The minimum atomic E-state index is -0.0432. The van der Waals surface area contributed by atoms with Gasteiger partial charge in [-0.3, -0.25) is 9.69 Å². The third-order valence-corrected chi connectivity index (χ3v) is 6.73. The second-order valence-corrected chi connectivity index (χ2v) is 9.57. The Labute approximate surface area is 216 Å². The second kappa shape index (κ2) is 11.1. The number of nitrogens with zero attached hydrogens (tertiary/aromatic N) is 2. The summed E-state index contributed by atoms with van der Waals surface area (Å²) in [5.74, 6) is 0.749. The fraction of sp³-hybridized carbons (Fsp3) is 0.0968. The zero-order valence-corrected chi connectivity index (χ0v) is 20.8. The smallest absolute Gasteiger partial charge is 0.267 e. The number of thioether (sulfide) groups is 1. The van der Waals surface area contributed by atoms with Crippen molar-refractivity contribution < 1.29 is 9.53 Å². The Morgan fingerprint density at radius 1 is 0.833 bits per heavy atom. The van der Waals surface area contributed by atoms with Gasteiger partial charge in [-0.05, 0) is 65.7 Å². The highest BCUT2D eigenvalue weighted by Crippen LogP contribution is 2.35. The topological polar surface area (TPSA) is 41.9 Å². The van der Waals surface area contributed by atoms with Crippen LogP contribution in [0.4, 0.5) is 5.69 Å². The van der Waals surface area contributed by atoms with Gasteiger partial charge >= 0.3 is 0 Å². The quantitative estimate of drug-likeness (QED) is 0.254. The van der Waals surface area contributed by atoms with Crippen LogP contribution < -0.4 is 4.74 Å². The van der Waals surface area contributed by atoms with Crippen molar-refractivity contribution >= 4 is 34.6 Å². The third-order valence-electron chi connectivity index (χ3n) is 5.72. The van der Waals surface area contributed by atoms with Crippen LogP contribution >= 0.6 is 11.8 Å². The molecule has 0 atom stereocenters. The Balaban J connectivity index is 1.34. The minimum Gasteiger partial charge on any atom is -0.489 e. The summed E-state index contributed by atoms with van der Waals surface area (Å²) < 4.78 is 5.94. The Hall–Kier alpha value is -4.09. The van der Waals surface area contributed by atoms with Crippen molar-refractivity contribution in [2.24, 2.45) is 4.99 Å². The summed E-state index contributed by atoms with van der Waals surface area (Å²) in [5.41, 5.74) is 5.17. The highest BCUT2D eigenvalue weighted by molar-refractivity contribution is 8.18. The molecule has 5 heteroatoms. The molecule has 0 saturated carbocycles. The standard InChI is InChI=1S/C31H26N2O2S/c1-23-9-8-12-26(19-23)22-35-28-17-15-24(16-18-28)20-29-30(34)33(21-25-10-4-2-5-11-25)31(36-29)32-27-13-6-3-7-14-27/h2-20H,21-22H2,1H3. The van der Waals surface area contributed by atoms with E-state index >= 15 is 0 Å². The number of hydrogen-bond acceptors (Lipinski definition) is 4. The van der Waals surface area contributed by atoms with E-state index in [0.717, 1.165) is 28.1 Å². The molecule has 4 aromatic carbocycles. The highest BCUT2D eigenvalue weighted by atomic mass is 32.2. The Morgan fingerprint density at radius 3 is 2.25 bits per heavy atom. The lowest BCUT2D eigenvalue weighted by Crippen LogP contribution is -2.28. The van der Waals surface area contributed by atoms with Crippen LogP contribution in [-0.4, -0.2) is 16.0 Å². The summed E-state index contributed by atoms with van der Waals surface area (Å²) in [4.78, 5) is 20.6. The molecule has 1 heterocycles. The van der Waals surface area contributed by atoms with Gasteiger partial charge in [0.25, 0.3) is 5.91 Å². The number of benzene rings is 4. The molecule has 4 nitrogen and oxygen atoms in total. The first-order chi connectivity index (χ1) is 17.6. The lowest BCUT2D eigenvalue weighted by Gasteiger charge is -2.15. The summed E-state index contributed by atoms with van der Waals surface area (Å²) in [7, 11) is 0. The van der Waals surface area contributed by atoms with Crippen molar-refractivity contribution in [1.29, 1.82) is 0 Å². The van der Waals surface area contributed by atoms with Crippen molar-refractivity contribution in [2.75, 3.05) is 0 Å². The van der Waals surface area contributed by atoms with Crippen molar-refractivity contribution in [1.82, 2.24) is 4.90 Å². The molecule has 0 radical (unpaired) electrons. The van der Waals surface area contributed by atoms with E-state index in [-0.39, 0.29) is 5.91 Å². The number of carbonyl (C=O) groups excluding carboxylic acids is 1. The summed E-state index contributed by atoms with van der Waals surface area (Å²) in [6, 6.07) is 35.8. The Bertz CT molecular complexity index is 1400. The molecule has 0 spiro atoms. The van der Waals surface area contributed by atoms with E-state index in [9.17, 15) is 4.79 Å². The molecule has 1 aliphatic rings. The SMILES string of the molecule is Cc1cccc(COc2ccc(C=C3SC(=Nc4ccccc4)N(Cc4ccccc4)C3=O)cc2)c1. The van der Waals surface area contributed by atoms with Crippen LogP contribution in [0.3, 0.4) is 0 Å². The normalized spacial score (nSPS) is 15.6. The molecule has 0 unspecified atom stereocenters. The van der Waals surface area contributed by atoms with Crippen LogP contribution in [0.5, 0.6) is 5.75 Å². The first-order valence-electron chi connectivity index (χ1n) is 11.8. The lowest BCUT2D eigenvalue weighted by atomic mass is 10.1. The van der Waals surface area contributed by atoms with Gasteiger partial charge in [-0.2, -0.15) is 0 Å². The summed E-state index contributed by atoms with van der Waals surface area (Å²) in [6.07, 6.45) is 1.92. The number of carbonyl (C=O) groups is 1. The maximum absolute atomic E-state index is 13.4. The van der Waals surface area contributed by atoms with E-state index in [0.29, 0.717) is 23.2 Å². The van der Waals surface area contributed by atoms with E-state index in [1.54, 1.807) is 4.90 Å². The molecule has 178 valence electrons. The lowest BCUT2D eigenvalue weighted by molar-refractivity contribution is -0.122. The largest absolute Gasteiger partial charge is 0.489 e. The summed E-state index contributed by atoms with van der Waals surface area (Å²) in [6.45, 7) is 3.07. The van der Waals surface area contributed by atoms with Gasteiger partial charge in [0, 0.05) is 0 Å². The predicted octanol–water partition coefficient (Wildman–Crippen LogP) is 7.38. The number of para-hydroxylation sites is 1. The summed E-state index contributed by atoms with van der Waals surface area (Å²) in [5, 5.41) is 0.680. The van der Waals surface area contributed by atoms with Gasteiger partial charge in [0.2, 0.25) is 0 Å². The van der Waals surface area contributed by atoms with E-state index < -0.39 is 0 Å². The van der Waals surface area contributed by atoms with Gasteiger partial charge < -0.3 is 4.74 Å². The molecule has 1 aliphatic heterocycles. The number of hydrogen-bond donors (Lipinski definition) is 0. The molecule has 0 N–H and O–H groups in total. The summed E-state index contributed by atoms with van der Waals surface area (Å²) >= 11 is 1.41. The van der Waals surface area contributed by atoms with Gasteiger partial charge in [-0.15, -0.1) is 0 Å². The maximum Gasteiger partial charge on any atom is 0.267 e. The number of amidine groups is 1. The van der Waals surface area contributed by atoms with E-state index in [1.807, 2.05) is 97.1 Å². The number of amides is 1. The number of aliphatic imine (C=N–C) groups is 1. The van der Waals surface area contributed by atoms with Crippen molar-refractivity contribution in [3.05, 3.63) is 136 Å². The molecule has 0 bridgehead atoms. The van der Waals surface area contributed by atoms with Crippen LogP contribution in [0, 0.1) is 6.92 Å². The fourth-order valence-corrected chi connectivity index (χ4v) is 4.89. The fourth-order valence-electron chi connectivity index (χ4n) is 3.89. The van der Waals surface area contributed by atoms with Gasteiger partial charge in [0.1, 0.15) is 12.4 Å². The van der Waals surface area contributed by atoms with Crippen LogP contribution in [0.2, 0.25) is 0 Å². The zero-order valence-electron chi connectivity index (χ0n) is 20.0. The average molecular weight is 491 g/mol. The van der Waals surface area contributed by atoms with Crippen LogP contribution in [0.1, 0.15) is 22.3 Å². The minimum absolute atomic E-state index is 0.0432. The molecule has 0 aliphatic carbocycles. The van der Waals surface area contributed by atoms with Crippen LogP contribution in [-0.2, 0) is 17.9 Å². The number of aryl methyl sites for hydroxylation is 1. The Kier molecular flexibility index (Phi) is 7.29. The highest BCUT2D eigenvalue weighted by Gasteiger charge is 2.33. The molecule has 5 rings (SSSR count). The molecular formula is C31H26N2O2S. The molecule has 0 aromatic heterocycles. The molecule has 4 aromatic rings. The average Bonchev–Trinajstić information content (AvgIpc) is 3.18. The molecule has 1 fully saturated rings. The first-order valence-corrected chi connectivity index (χ1v) is 12.6. The van der Waals surface area contributed by atoms with Gasteiger partial charge in [-0.25, -0.2) is 4.99 Å². The Morgan fingerprint density at radius 2 is 1.53 bits per heavy atom. The number of ether oxygens (including phenoxy) is 1. The molecule has 1 saturated heterocycles. The van der Waals surface area contributed by atoms with Gasteiger partial charge in [0.05, 0.1) is 17.1 Å². The molecule has 1 amide bonds. The van der Waals surface area contributed by atoms with Crippen molar-refractivity contribution in [3.63, 3.8) is 0 Å². The van der Waals surface area contributed by atoms with Crippen molar-refractivity contribution in [2.45, 2.75) is 20.1 Å². The predicted molar refractivity (Wildman–Crippen MR) is 148 cm³/mol.